The van der Waals surface area contributed by atoms with Crippen LogP contribution in [0.25, 0.3) is 0 Å². The van der Waals surface area contributed by atoms with E-state index in [-0.39, 0.29) is 68.1 Å². The minimum Gasteiger partial charge on any atom is -0.547 e. The Kier molecular flexibility index (Phi) is 5.78. The molecule has 0 amide bonds. The fourth-order valence-corrected chi connectivity index (χ4v) is 10.1. The first-order valence-corrected chi connectivity index (χ1v) is 19.1. The molecule has 2 aliphatic heterocycles. The normalized spacial score (nSPS) is 28.6. The number of aryl methyl sites for hydroxylation is 1. The summed E-state index contributed by atoms with van der Waals surface area (Å²) < 4.78 is 20.9. The number of Topliss-reactive ketones (excluding diaryl/α,β-unsaturated/α-hetero) is 1. The lowest BCUT2D eigenvalue weighted by Crippen LogP contribution is -2.61. The Morgan fingerprint density at radius 1 is 0.894 bits per heavy atom. The maximum Gasteiger partial charge on any atom is 0.250 e. The maximum absolute atomic E-state index is 14.8. The predicted octanol–water partition coefficient (Wildman–Crippen LogP) is 7.21. The molecule has 0 radical (unpaired) electrons. The van der Waals surface area contributed by atoms with Gasteiger partial charge in [0.1, 0.15) is 17.2 Å². The van der Waals surface area contributed by atoms with Crippen molar-refractivity contribution in [1.82, 2.24) is 0 Å². The zero-order valence-corrected chi connectivity index (χ0v) is 28.8. The number of hydrogen-bond donors (Lipinski definition) is 2. The number of hydrogen-bond acceptors (Lipinski definition) is 8. The highest BCUT2D eigenvalue weighted by atomic mass is 28.4. The zero-order valence-electron chi connectivity index (χ0n) is 27.8. The first-order chi connectivity index (χ1) is 22.0. The number of phenolic OH excluding ortho intramolecular Hbond substituents is 2. The number of rotatable bonds is 2. The molecule has 242 valence electrons. The summed E-state index contributed by atoms with van der Waals surface area (Å²) in [5.41, 5.74) is 1.94. The van der Waals surface area contributed by atoms with Crippen molar-refractivity contribution in [3.8, 4) is 17.2 Å². The van der Waals surface area contributed by atoms with Gasteiger partial charge < -0.3 is 24.1 Å². The summed E-state index contributed by atoms with van der Waals surface area (Å²) in [5.74, 6) is -3.39. The molecule has 1 fully saturated rings. The van der Waals surface area contributed by atoms with Crippen LogP contribution in [0.3, 0.4) is 0 Å². The lowest BCUT2D eigenvalue weighted by molar-refractivity contribution is -0.202. The van der Waals surface area contributed by atoms with Crippen LogP contribution in [0.2, 0.25) is 18.1 Å². The standard InChI is InChI=1S/C38H38O8Si/c1-17-14-21-28(26(40)15-17)34(43)29-20(32(21)41)12-13-23-35(29)45-38-22-10-9-11-25(39)30(22)33(42)24-16-27(46-47(7,8)36(4,5)6)18(2)31(19(3)44-38)37(23,24)38/h9-15,19,24,31,39-40H,16H2,1-8H3/t19-,24-,31-,37-,38+/m1/s1. The van der Waals surface area contributed by atoms with Crippen LogP contribution in [0.15, 0.2) is 53.8 Å². The highest BCUT2D eigenvalue weighted by molar-refractivity contribution is 6.74. The van der Waals surface area contributed by atoms with Gasteiger partial charge in [-0.05, 0) is 74.3 Å². The number of fused-ring (bicyclic) bond motifs is 5. The number of ketones is 3. The second-order valence-corrected chi connectivity index (χ2v) is 20.1. The van der Waals surface area contributed by atoms with Crippen molar-refractivity contribution in [2.45, 2.75) is 83.4 Å². The van der Waals surface area contributed by atoms with Crippen LogP contribution in [0.4, 0.5) is 0 Å². The van der Waals surface area contributed by atoms with Crippen molar-refractivity contribution in [3.63, 3.8) is 0 Å². The van der Waals surface area contributed by atoms with E-state index in [1.54, 1.807) is 31.2 Å². The van der Waals surface area contributed by atoms with Crippen LogP contribution in [0, 0.1) is 18.8 Å². The molecule has 3 aliphatic carbocycles. The molecule has 1 spiro atoms. The third-order valence-corrected chi connectivity index (χ3v) is 16.3. The molecule has 5 atom stereocenters. The second kappa shape index (κ2) is 9.02. The lowest BCUT2D eigenvalue weighted by atomic mass is 9.49. The molecule has 3 aromatic rings. The highest BCUT2D eigenvalue weighted by Crippen LogP contribution is 2.74. The molecular formula is C38H38O8Si. The van der Waals surface area contributed by atoms with Gasteiger partial charge in [-0.25, -0.2) is 0 Å². The summed E-state index contributed by atoms with van der Waals surface area (Å²) in [6.07, 6.45) is -0.180. The van der Waals surface area contributed by atoms with E-state index in [9.17, 15) is 24.6 Å². The van der Waals surface area contributed by atoms with Crippen LogP contribution in [-0.4, -0.2) is 42.0 Å². The molecule has 8 nitrogen and oxygen atoms in total. The highest BCUT2D eigenvalue weighted by Gasteiger charge is 2.80. The van der Waals surface area contributed by atoms with Gasteiger partial charge in [-0.3, -0.25) is 14.4 Å². The SMILES string of the molecule is CC1=C(O[Si](C)(C)C(C)(C)C)C[C@@H]2C(=O)c3c(O)cccc3[C@]34Oc5c(ccc6c5C(=O)c5c(O)cc(C)cc5C6=O)[C@]23[C@H]1[C@@H](C)O4. The molecule has 2 N–H and O–H groups in total. The quantitative estimate of drug-likeness (QED) is 0.219. The molecular weight excluding hydrogens is 612 g/mol. The number of allylic oxidation sites excluding steroid dienone is 1. The van der Waals surface area contributed by atoms with E-state index in [0.717, 1.165) is 11.3 Å². The Morgan fingerprint density at radius 2 is 1.62 bits per heavy atom. The van der Waals surface area contributed by atoms with Crippen LogP contribution in [0.5, 0.6) is 17.2 Å². The summed E-state index contributed by atoms with van der Waals surface area (Å²) >= 11 is 0. The monoisotopic (exact) mass is 650 g/mol. The topological polar surface area (TPSA) is 119 Å². The summed E-state index contributed by atoms with van der Waals surface area (Å²) in [6, 6.07) is 11.4. The molecule has 1 saturated heterocycles. The van der Waals surface area contributed by atoms with Crippen molar-refractivity contribution in [1.29, 1.82) is 0 Å². The molecule has 0 saturated carbocycles. The minimum atomic E-state index is -2.33. The number of phenols is 2. The largest absolute Gasteiger partial charge is 0.547 e. The molecule has 0 unspecified atom stereocenters. The Balaban J connectivity index is 1.43. The fraction of sp³-hybridized carbons (Fsp3) is 0.395. The predicted molar refractivity (Wildman–Crippen MR) is 176 cm³/mol. The van der Waals surface area contributed by atoms with Crippen molar-refractivity contribution >= 4 is 25.7 Å². The maximum atomic E-state index is 14.8. The van der Waals surface area contributed by atoms with Gasteiger partial charge in [-0.15, -0.1) is 0 Å². The van der Waals surface area contributed by atoms with Crippen LogP contribution in [0.1, 0.15) is 99.9 Å². The average Bonchev–Trinajstić information content (AvgIpc) is 3.41. The Labute approximate surface area is 274 Å². The third kappa shape index (κ3) is 3.39. The number of benzene rings is 3. The van der Waals surface area contributed by atoms with Gasteiger partial charge in [0.05, 0.1) is 34.0 Å². The van der Waals surface area contributed by atoms with E-state index in [1.807, 2.05) is 19.9 Å². The minimum absolute atomic E-state index is 0.0528. The second-order valence-electron chi connectivity index (χ2n) is 15.4. The van der Waals surface area contributed by atoms with Crippen molar-refractivity contribution in [2.75, 3.05) is 0 Å². The molecule has 8 rings (SSSR count). The average molecular weight is 651 g/mol. The van der Waals surface area contributed by atoms with E-state index in [0.29, 0.717) is 16.7 Å². The molecule has 2 heterocycles. The summed E-state index contributed by atoms with van der Waals surface area (Å²) in [6.45, 7) is 16.6. The Morgan fingerprint density at radius 3 is 2.32 bits per heavy atom. The number of carbonyl (C=O) groups is 3. The van der Waals surface area contributed by atoms with Crippen molar-refractivity contribution in [3.05, 3.63) is 98.3 Å². The van der Waals surface area contributed by atoms with Gasteiger partial charge in [0, 0.05) is 40.5 Å². The van der Waals surface area contributed by atoms with Gasteiger partial charge >= 0.3 is 0 Å². The third-order valence-electron chi connectivity index (χ3n) is 11.9. The van der Waals surface area contributed by atoms with E-state index >= 15 is 0 Å². The molecule has 0 bridgehead atoms. The first-order valence-electron chi connectivity index (χ1n) is 16.2. The lowest BCUT2D eigenvalue weighted by Gasteiger charge is -2.52. The van der Waals surface area contributed by atoms with Crippen molar-refractivity contribution in [2.24, 2.45) is 11.8 Å². The van der Waals surface area contributed by atoms with Crippen LogP contribution >= 0.6 is 0 Å². The number of carbonyl (C=O) groups excluding carboxylic acids is 3. The van der Waals surface area contributed by atoms with Gasteiger partial charge in [0.25, 0.3) is 0 Å². The molecule has 0 aromatic heterocycles. The Hall–Kier alpha value is -4.21. The van der Waals surface area contributed by atoms with Crippen LogP contribution in [-0.2, 0) is 20.4 Å². The zero-order chi connectivity index (χ0) is 33.7. The molecule has 3 aromatic carbocycles. The summed E-state index contributed by atoms with van der Waals surface area (Å²) in [4.78, 5) is 43.1. The summed E-state index contributed by atoms with van der Waals surface area (Å²) in [5, 5.41) is 22.0. The summed E-state index contributed by atoms with van der Waals surface area (Å²) in [7, 11) is -2.33. The van der Waals surface area contributed by atoms with E-state index in [4.69, 9.17) is 13.9 Å². The van der Waals surface area contributed by atoms with Gasteiger partial charge in [-0.2, -0.15) is 0 Å². The van der Waals surface area contributed by atoms with Gasteiger partial charge in [0.2, 0.25) is 19.9 Å². The van der Waals surface area contributed by atoms with E-state index in [2.05, 4.69) is 33.9 Å². The van der Waals surface area contributed by atoms with Gasteiger partial charge in [0.15, 0.2) is 11.6 Å². The van der Waals surface area contributed by atoms with Crippen molar-refractivity contribution < 1.29 is 38.5 Å². The fourth-order valence-electron chi connectivity index (χ4n) is 8.96. The molecule has 47 heavy (non-hydrogen) atoms. The smallest absolute Gasteiger partial charge is 0.250 e. The number of aromatic hydroxyl groups is 2. The van der Waals surface area contributed by atoms with E-state index < -0.39 is 43.2 Å². The molecule has 9 heteroatoms. The Bertz CT molecular complexity index is 2050. The van der Waals surface area contributed by atoms with Gasteiger partial charge in [-0.1, -0.05) is 39.0 Å². The molecule has 5 aliphatic rings. The van der Waals surface area contributed by atoms with Crippen LogP contribution < -0.4 is 4.74 Å². The first kappa shape index (κ1) is 30.1. The van der Waals surface area contributed by atoms with E-state index in [1.165, 1.54) is 12.1 Å². The number of ether oxygens (including phenoxy) is 2.